The van der Waals surface area contributed by atoms with Crippen LogP contribution in [0, 0.1) is 23.7 Å². The summed E-state index contributed by atoms with van der Waals surface area (Å²) < 4.78 is 1.73. The highest BCUT2D eigenvalue weighted by molar-refractivity contribution is 9.13. The number of benzene rings is 1. The van der Waals surface area contributed by atoms with E-state index in [1.54, 1.807) is 12.1 Å². The first-order valence-corrected chi connectivity index (χ1v) is 8.23. The zero-order valence-electron chi connectivity index (χ0n) is 10.9. The molecule has 110 valence electrons. The number of amides is 1. The van der Waals surface area contributed by atoms with Crippen LogP contribution in [0.1, 0.15) is 6.42 Å². The summed E-state index contributed by atoms with van der Waals surface area (Å²) in [5.41, 5.74) is 0.658. The maximum atomic E-state index is 12.5. The second-order valence-corrected chi connectivity index (χ2v) is 7.16. The number of anilines is 1. The molecule has 2 aliphatic rings. The van der Waals surface area contributed by atoms with Gasteiger partial charge in [-0.05, 0) is 68.3 Å². The van der Waals surface area contributed by atoms with Gasteiger partial charge in [0.25, 0.3) is 0 Å². The minimum Gasteiger partial charge on any atom is -0.481 e. The van der Waals surface area contributed by atoms with Crippen molar-refractivity contribution in [1.82, 2.24) is 0 Å². The molecule has 1 amide bonds. The van der Waals surface area contributed by atoms with Crippen LogP contribution in [0.2, 0.25) is 0 Å². The van der Waals surface area contributed by atoms with Gasteiger partial charge in [0, 0.05) is 14.6 Å². The predicted octanol–water partition coefficient (Wildman–Crippen LogP) is 3.67. The van der Waals surface area contributed by atoms with E-state index < -0.39 is 17.8 Å². The molecular weight excluding hydrogens is 402 g/mol. The molecule has 0 saturated heterocycles. The van der Waals surface area contributed by atoms with E-state index in [-0.39, 0.29) is 17.7 Å². The van der Waals surface area contributed by atoms with Crippen molar-refractivity contribution in [3.63, 3.8) is 0 Å². The molecule has 0 heterocycles. The number of carbonyl (C=O) groups excluding carboxylic acids is 1. The summed E-state index contributed by atoms with van der Waals surface area (Å²) in [6.07, 6.45) is 4.67. The van der Waals surface area contributed by atoms with Gasteiger partial charge in [-0.15, -0.1) is 0 Å². The van der Waals surface area contributed by atoms with Crippen LogP contribution < -0.4 is 5.32 Å². The number of hydrogen-bond acceptors (Lipinski definition) is 2. The number of carboxylic acids is 1. The Morgan fingerprint density at radius 1 is 1.10 bits per heavy atom. The Morgan fingerprint density at radius 3 is 2.38 bits per heavy atom. The van der Waals surface area contributed by atoms with Gasteiger partial charge >= 0.3 is 5.97 Å². The van der Waals surface area contributed by atoms with Gasteiger partial charge < -0.3 is 10.4 Å². The van der Waals surface area contributed by atoms with Crippen molar-refractivity contribution in [3.05, 3.63) is 39.3 Å². The van der Waals surface area contributed by atoms with Crippen molar-refractivity contribution in [2.24, 2.45) is 23.7 Å². The number of carboxylic acid groups (broad SMARTS) is 1. The van der Waals surface area contributed by atoms with E-state index in [0.717, 1.165) is 15.4 Å². The largest absolute Gasteiger partial charge is 0.481 e. The fourth-order valence-corrected chi connectivity index (χ4v) is 3.94. The molecule has 0 unspecified atom stereocenters. The highest BCUT2D eigenvalue weighted by Gasteiger charge is 2.51. The van der Waals surface area contributed by atoms with Crippen LogP contribution in [0.3, 0.4) is 0 Å². The lowest BCUT2D eigenvalue weighted by Gasteiger charge is -2.23. The molecule has 2 N–H and O–H groups in total. The fraction of sp³-hybridized carbons (Fsp3) is 0.333. The second kappa shape index (κ2) is 5.57. The summed E-state index contributed by atoms with van der Waals surface area (Å²) in [6.45, 7) is 0. The van der Waals surface area contributed by atoms with Crippen LogP contribution in [-0.4, -0.2) is 17.0 Å². The highest BCUT2D eigenvalue weighted by atomic mass is 79.9. The molecule has 1 fully saturated rings. The molecule has 2 bridgehead atoms. The SMILES string of the molecule is O=C(Nc1ccc(Br)c(Br)c1)[C@@H]1[C@@H](C(=O)O)[C@H]2C=C[C@@H]1C2. The van der Waals surface area contributed by atoms with E-state index >= 15 is 0 Å². The maximum Gasteiger partial charge on any atom is 0.307 e. The third kappa shape index (κ3) is 2.66. The Bertz CT molecular complexity index is 644. The number of fused-ring (bicyclic) bond motifs is 2. The molecule has 21 heavy (non-hydrogen) atoms. The number of hydrogen-bond donors (Lipinski definition) is 2. The van der Waals surface area contributed by atoms with Crippen LogP contribution in [0.4, 0.5) is 5.69 Å². The molecule has 4 atom stereocenters. The van der Waals surface area contributed by atoms with Crippen LogP contribution in [0.25, 0.3) is 0 Å². The summed E-state index contributed by atoms with van der Waals surface area (Å²) >= 11 is 6.75. The van der Waals surface area contributed by atoms with E-state index in [1.165, 1.54) is 0 Å². The van der Waals surface area contributed by atoms with Gasteiger partial charge in [-0.1, -0.05) is 12.2 Å². The summed E-state index contributed by atoms with van der Waals surface area (Å²) in [6, 6.07) is 5.40. The number of rotatable bonds is 3. The van der Waals surface area contributed by atoms with Crippen molar-refractivity contribution < 1.29 is 14.7 Å². The Morgan fingerprint density at radius 2 is 1.76 bits per heavy atom. The van der Waals surface area contributed by atoms with Crippen molar-refractivity contribution in [1.29, 1.82) is 0 Å². The summed E-state index contributed by atoms with van der Waals surface area (Å²) in [7, 11) is 0. The van der Waals surface area contributed by atoms with Gasteiger partial charge in [-0.25, -0.2) is 0 Å². The molecule has 0 aromatic heterocycles. The molecule has 0 radical (unpaired) electrons. The van der Waals surface area contributed by atoms with Crippen LogP contribution in [0.15, 0.2) is 39.3 Å². The van der Waals surface area contributed by atoms with Crippen molar-refractivity contribution >= 4 is 49.4 Å². The molecule has 1 saturated carbocycles. The van der Waals surface area contributed by atoms with Crippen LogP contribution >= 0.6 is 31.9 Å². The monoisotopic (exact) mass is 413 g/mol. The number of nitrogens with one attached hydrogen (secondary N) is 1. The fourth-order valence-electron chi connectivity index (χ4n) is 3.32. The first-order chi connectivity index (χ1) is 9.97. The molecule has 1 aromatic rings. The standard InChI is InChI=1S/C15H13Br2NO3/c16-10-4-3-9(6-11(10)17)18-14(19)12-7-1-2-8(5-7)13(12)15(20)21/h1-4,6-8,12-13H,5H2,(H,18,19)(H,20,21)/t7-,8+,12+,13+/m1/s1. The van der Waals surface area contributed by atoms with Gasteiger partial charge in [0.05, 0.1) is 11.8 Å². The molecule has 6 heteroatoms. The maximum absolute atomic E-state index is 12.5. The highest BCUT2D eigenvalue weighted by Crippen LogP contribution is 2.48. The number of carbonyl (C=O) groups is 2. The van der Waals surface area contributed by atoms with E-state index in [1.807, 2.05) is 18.2 Å². The lowest BCUT2D eigenvalue weighted by Crippen LogP contribution is -2.36. The molecule has 0 aliphatic heterocycles. The lowest BCUT2D eigenvalue weighted by atomic mass is 9.82. The minimum atomic E-state index is -0.885. The normalized spacial score (nSPS) is 29.6. The van der Waals surface area contributed by atoms with Crippen molar-refractivity contribution in [3.8, 4) is 0 Å². The minimum absolute atomic E-state index is 0.0140. The summed E-state index contributed by atoms with van der Waals surface area (Å²) in [4.78, 5) is 23.9. The zero-order valence-corrected chi connectivity index (χ0v) is 14.1. The summed E-state index contributed by atoms with van der Waals surface area (Å²) in [5, 5.41) is 12.2. The molecule has 1 aromatic carbocycles. The van der Waals surface area contributed by atoms with Crippen molar-refractivity contribution in [2.45, 2.75) is 6.42 Å². The lowest BCUT2D eigenvalue weighted by molar-refractivity contribution is -0.146. The average Bonchev–Trinajstić information content (AvgIpc) is 3.03. The molecule has 0 spiro atoms. The zero-order chi connectivity index (χ0) is 15.1. The number of allylic oxidation sites excluding steroid dienone is 2. The van der Waals surface area contributed by atoms with Crippen LogP contribution in [0.5, 0.6) is 0 Å². The number of halogens is 2. The van der Waals surface area contributed by atoms with E-state index in [9.17, 15) is 14.7 Å². The first kappa shape index (κ1) is 14.8. The van der Waals surface area contributed by atoms with Gasteiger partial charge in [-0.3, -0.25) is 9.59 Å². The second-order valence-electron chi connectivity index (χ2n) is 5.46. The van der Waals surface area contributed by atoms with E-state index in [0.29, 0.717) is 5.69 Å². The predicted molar refractivity (Wildman–Crippen MR) is 85.8 cm³/mol. The first-order valence-electron chi connectivity index (χ1n) is 6.64. The van der Waals surface area contributed by atoms with Gasteiger partial charge in [-0.2, -0.15) is 0 Å². The van der Waals surface area contributed by atoms with Gasteiger partial charge in [0.15, 0.2) is 0 Å². The molecule has 2 aliphatic carbocycles. The van der Waals surface area contributed by atoms with Crippen LogP contribution in [-0.2, 0) is 9.59 Å². The average molecular weight is 415 g/mol. The topological polar surface area (TPSA) is 66.4 Å². The molecule has 3 rings (SSSR count). The van der Waals surface area contributed by atoms with Crippen molar-refractivity contribution in [2.75, 3.05) is 5.32 Å². The third-order valence-corrected chi connectivity index (χ3v) is 6.11. The third-order valence-electron chi connectivity index (χ3n) is 4.23. The Balaban J connectivity index is 1.80. The smallest absolute Gasteiger partial charge is 0.307 e. The Hall–Kier alpha value is -1.14. The van der Waals surface area contributed by atoms with Gasteiger partial charge in [0.2, 0.25) is 5.91 Å². The van der Waals surface area contributed by atoms with E-state index in [2.05, 4.69) is 37.2 Å². The molecule has 4 nitrogen and oxygen atoms in total. The van der Waals surface area contributed by atoms with Gasteiger partial charge in [0.1, 0.15) is 0 Å². The summed E-state index contributed by atoms with van der Waals surface area (Å²) in [5.74, 6) is -2.17. The number of aliphatic carboxylic acids is 1. The quantitative estimate of drug-likeness (QED) is 0.741. The van der Waals surface area contributed by atoms with E-state index in [4.69, 9.17) is 0 Å². The Kier molecular flexibility index (Phi) is 3.92. The molecular formula is C15H13Br2NO3. The Labute approximate surface area is 138 Å².